The van der Waals surface area contributed by atoms with Crippen molar-refractivity contribution >= 4 is 0 Å². The first kappa shape index (κ1) is 26.3. The third-order valence-corrected chi connectivity index (χ3v) is 7.02. The number of rotatable bonds is 12. The van der Waals surface area contributed by atoms with Gasteiger partial charge in [-0.05, 0) is 151 Å². The van der Waals surface area contributed by atoms with Gasteiger partial charge in [0.1, 0.15) is 11.5 Å². The fourth-order valence-electron chi connectivity index (χ4n) is 5.12. The van der Waals surface area contributed by atoms with Crippen LogP contribution in [0, 0.1) is 41.5 Å². The summed E-state index contributed by atoms with van der Waals surface area (Å²) in [5.41, 5.74) is 9.31. The highest BCUT2D eigenvalue weighted by Gasteiger charge is 2.12. The van der Waals surface area contributed by atoms with Crippen LogP contribution in [0.3, 0.4) is 0 Å². The summed E-state index contributed by atoms with van der Waals surface area (Å²) in [6, 6.07) is 4.22. The Morgan fingerprint density at radius 1 is 0.594 bits per heavy atom. The van der Waals surface area contributed by atoms with Gasteiger partial charge in [-0.3, -0.25) is 0 Å². The Balaban J connectivity index is 1.80. The van der Waals surface area contributed by atoms with Crippen LogP contribution in [-0.2, 0) is 12.8 Å². The van der Waals surface area contributed by atoms with Crippen molar-refractivity contribution in [1.29, 1.82) is 0 Å². The molecule has 0 saturated heterocycles. The molecule has 0 aromatic heterocycles. The van der Waals surface area contributed by atoms with E-state index >= 15 is 0 Å². The Morgan fingerprint density at radius 3 is 1.38 bits per heavy atom. The number of phenols is 2. The molecule has 2 N–H and O–H groups in total. The minimum absolute atomic E-state index is 0.463. The molecule has 32 heavy (non-hydrogen) atoms. The molecule has 0 radical (unpaired) electrons. The predicted octanol–water partition coefficient (Wildman–Crippen LogP) is 7.01. The van der Waals surface area contributed by atoms with Crippen molar-refractivity contribution in [2.24, 2.45) is 0 Å². The monoisotopic (exact) mass is 439 g/mol. The lowest BCUT2D eigenvalue weighted by Gasteiger charge is -2.22. The lowest BCUT2D eigenvalue weighted by molar-refractivity contribution is 0.263. The van der Waals surface area contributed by atoms with Gasteiger partial charge in [0.15, 0.2) is 0 Å². The maximum atomic E-state index is 10.3. The van der Waals surface area contributed by atoms with E-state index in [0.717, 1.165) is 67.6 Å². The zero-order valence-electron chi connectivity index (χ0n) is 21.6. The molecule has 2 aromatic carbocycles. The van der Waals surface area contributed by atoms with E-state index < -0.39 is 0 Å². The number of aromatic hydroxyl groups is 2. The summed E-state index contributed by atoms with van der Waals surface area (Å²) in [6.45, 7) is 18.1. The van der Waals surface area contributed by atoms with Gasteiger partial charge in [0.25, 0.3) is 0 Å². The van der Waals surface area contributed by atoms with Gasteiger partial charge in [-0.1, -0.05) is 19.1 Å². The van der Waals surface area contributed by atoms with Gasteiger partial charge in [-0.25, -0.2) is 0 Å². The molecule has 3 heteroatoms. The number of aryl methyl sites for hydroxylation is 4. The van der Waals surface area contributed by atoms with Crippen molar-refractivity contribution in [3.05, 3.63) is 56.6 Å². The topological polar surface area (TPSA) is 43.7 Å². The molecule has 0 unspecified atom stereocenters. The average molecular weight is 440 g/mol. The largest absolute Gasteiger partial charge is 0.507 e. The van der Waals surface area contributed by atoms with Crippen molar-refractivity contribution in [2.75, 3.05) is 19.6 Å². The minimum atomic E-state index is 0.463. The number of hydrogen-bond donors (Lipinski definition) is 2. The number of benzene rings is 2. The lowest BCUT2D eigenvalue weighted by Crippen LogP contribution is -2.27. The molecule has 0 aliphatic heterocycles. The van der Waals surface area contributed by atoms with Gasteiger partial charge in [0.2, 0.25) is 0 Å². The van der Waals surface area contributed by atoms with Crippen LogP contribution >= 0.6 is 0 Å². The number of phenolic OH excluding ortho intramolecular Hbond substituents is 2. The van der Waals surface area contributed by atoms with Crippen LogP contribution in [0.2, 0.25) is 0 Å². The van der Waals surface area contributed by atoms with E-state index in [4.69, 9.17) is 0 Å². The van der Waals surface area contributed by atoms with E-state index in [-0.39, 0.29) is 0 Å². The normalized spacial score (nSPS) is 11.5. The standard InChI is InChI=1S/C29H45NO2/c1-8-15-30(16-11-9-13-26-20(2)18-22(4)28(31)24(26)6)17-12-10-14-27-21(3)19-23(5)29(32)25(27)7/h18-19,31-32H,8-17H2,1-7H3. The van der Waals surface area contributed by atoms with Gasteiger partial charge in [0.05, 0.1) is 0 Å². The van der Waals surface area contributed by atoms with E-state index in [0.29, 0.717) is 11.5 Å². The van der Waals surface area contributed by atoms with E-state index in [1.165, 1.54) is 41.5 Å². The maximum absolute atomic E-state index is 10.3. The van der Waals surface area contributed by atoms with E-state index in [1.807, 2.05) is 27.7 Å². The molecular weight excluding hydrogens is 394 g/mol. The molecule has 0 bridgehead atoms. The average Bonchev–Trinajstić information content (AvgIpc) is 2.74. The van der Waals surface area contributed by atoms with Crippen molar-refractivity contribution in [2.45, 2.75) is 93.4 Å². The second-order valence-corrected chi connectivity index (χ2v) is 9.68. The Morgan fingerprint density at radius 2 is 1.00 bits per heavy atom. The molecule has 178 valence electrons. The summed E-state index contributed by atoms with van der Waals surface area (Å²) in [6.07, 6.45) is 7.97. The van der Waals surface area contributed by atoms with E-state index in [9.17, 15) is 10.2 Å². The number of hydrogen-bond acceptors (Lipinski definition) is 3. The zero-order chi connectivity index (χ0) is 23.8. The van der Waals surface area contributed by atoms with Gasteiger partial charge in [0, 0.05) is 0 Å². The Hall–Kier alpha value is -2.00. The molecule has 0 spiro atoms. The van der Waals surface area contributed by atoms with Gasteiger partial charge in [-0.15, -0.1) is 0 Å². The molecule has 0 saturated carbocycles. The highest BCUT2D eigenvalue weighted by atomic mass is 16.3. The van der Waals surface area contributed by atoms with Crippen molar-refractivity contribution in [1.82, 2.24) is 4.90 Å². The molecule has 0 aliphatic rings. The van der Waals surface area contributed by atoms with Crippen molar-refractivity contribution in [3.63, 3.8) is 0 Å². The first-order valence-electron chi connectivity index (χ1n) is 12.5. The minimum Gasteiger partial charge on any atom is -0.507 e. The van der Waals surface area contributed by atoms with Crippen molar-refractivity contribution in [3.8, 4) is 11.5 Å². The smallest absolute Gasteiger partial charge is 0.121 e. The zero-order valence-corrected chi connectivity index (χ0v) is 21.6. The van der Waals surface area contributed by atoms with Gasteiger partial charge < -0.3 is 15.1 Å². The summed E-state index contributed by atoms with van der Waals surface area (Å²) in [5.74, 6) is 0.927. The lowest BCUT2D eigenvalue weighted by atomic mass is 9.94. The molecule has 2 aromatic rings. The second-order valence-electron chi connectivity index (χ2n) is 9.68. The molecule has 0 amide bonds. The second kappa shape index (κ2) is 12.3. The number of nitrogens with zero attached hydrogens (tertiary/aromatic N) is 1. The van der Waals surface area contributed by atoms with Crippen LogP contribution in [0.1, 0.15) is 83.5 Å². The van der Waals surface area contributed by atoms with Crippen LogP contribution in [0.15, 0.2) is 12.1 Å². The summed E-state index contributed by atoms with van der Waals surface area (Å²) >= 11 is 0. The van der Waals surface area contributed by atoms with E-state index in [1.54, 1.807) is 0 Å². The molecule has 0 atom stereocenters. The third kappa shape index (κ3) is 6.75. The third-order valence-electron chi connectivity index (χ3n) is 7.02. The molecule has 3 nitrogen and oxygen atoms in total. The summed E-state index contributed by atoms with van der Waals surface area (Å²) in [5, 5.41) is 20.5. The summed E-state index contributed by atoms with van der Waals surface area (Å²) in [7, 11) is 0. The molecule has 0 fully saturated rings. The van der Waals surface area contributed by atoms with Crippen LogP contribution in [0.4, 0.5) is 0 Å². The molecular formula is C29H45NO2. The SMILES string of the molecule is CCCN(CCCCc1c(C)cc(C)c(O)c1C)CCCCc1c(C)cc(C)c(O)c1C. The first-order chi connectivity index (χ1) is 15.2. The predicted molar refractivity (Wildman–Crippen MR) is 137 cm³/mol. The van der Waals surface area contributed by atoms with Gasteiger partial charge >= 0.3 is 0 Å². The summed E-state index contributed by atoms with van der Waals surface area (Å²) < 4.78 is 0. The van der Waals surface area contributed by atoms with Crippen LogP contribution in [-0.4, -0.2) is 34.7 Å². The van der Waals surface area contributed by atoms with Crippen LogP contribution in [0.25, 0.3) is 0 Å². The maximum Gasteiger partial charge on any atom is 0.121 e. The van der Waals surface area contributed by atoms with Gasteiger partial charge in [-0.2, -0.15) is 0 Å². The van der Waals surface area contributed by atoms with Crippen LogP contribution < -0.4 is 0 Å². The van der Waals surface area contributed by atoms with Crippen molar-refractivity contribution < 1.29 is 10.2 Å². The highest BCUT2D eigenvalue weighted by Crippen LogP contribution is 2.30. The number of unbranched alkanes of at least 4 members (excludes halogenated alkanes) is 2. The Bertz CT molecular complexity index is 830. The van der Waals surface area contributed by atoms with E-state index in [2.05, 4.69) is 37.8 Å². The Kier molecular flexibility index (Phi) is 10.1. The highest BCUT2D eigenvalue weighted by molar-refractivity contribution is 5.49. The summed E-state index contributed by atoms with van der Waals surface area (Å²) in [4.78, 5) is 2.61. The Labute approximate surface area is 196 Å². The fourth-order valence-corrected chi connectivity index (χ4v) is 5.12. The molecule has 0 heterocycles. The van der Waals surface area contributed by atoms with Crippen LogP contribution in [0.5, 0.6) is 11.5 Å². The first-order valence-corrected chi connectivity index (χ1v) is 12.5. The quantitative estimate of drug-likeness (QED) is 0.350. The molecule has 0 aliphatic carbocycles. The fraction of sp³-hybridized carbons (Fsp3) is 0.586. The molecule has 2 rings (SSSR count).